The molecule has 0 spiro atoms. The second-order valence-electron chi connectivity index (χ2n) is 4.95. The number of carbonyl (C=O) groups is 1. The molecule has 0 amide bonds. The molecule has 0 aromatic carbocycles. The van der Waals surface area contributed by atoms with Crippen LogP contribution in [0.25, 0.3) is 0 Å². The Morgan fingerprint density at radius 1 is 1.56 bits per heavy atom. The van der Waals surface area contributed by atoms with Crippen LogP contribution in [0.15, 0.2) is 18.3 Å². The molecule has 3 atom stereocenters. The molecule has 1 N–H and O–H groups in total. The van der Waals surface area contributed by atoms with Gasteiger partial charge in [0.05, 0.1) is 17.8 Å². The molecule has 4 nitrogen and oxygen atoms in total. The van der Waals surface area contributed by atoms with E-state index in [9.17, 15) is 9.18 Å². The largest absolute Gasteiger partial charge is 0.481 e. The normalized spacial score (nSPS) is 26.2. The van der Waals surface area contributed by atoms with Crippen molar-refractivity contribution in [2.45, 2.75) is 19.9 Å². The molecule has 0 saturated carbocycles. The van der Waals surface area contributed by atoms with Crippen molar-refractivity contribution in [3.05, 3.63) is 29.8 Å². The molecule has 98 valence electrons. The summed E-state index contributed by atoms with van der Waals surface area (Å²) in [5.41, 5.74) is 0.773. The van der Waals surface area contributed by atoms with Crippen LogP contribution < -0.4 is 0 Å². The van der Waals surface area contributed by atoms with E-state index < -0.39 is 5.97 Å². The van der Waals surface area contributed by atoms with Crippen molar-refractivity contribution in [2.24, 2.45) is 11.8 Å². The van der Waals surface area contributed by atoms with Crippen molar-refractivity contribution in [2.75, 3.05) is 13.1 Å². The second-order valence-corrected chi connectivity index (χ2v) is 4.95. The quantitative estimate of drug-likeness (QED) is 0.893. The fourth-order valence-electron chi connectivity index (χ4n) is 2.46. The molecule has 1 saturated heterocycles. The monoisotopic (exact) mass is 252 g/mol. The van der Waals surface area contributed by atoms with Crippen molar-refractivity contribution in [1.29, 1.82) is 0 Å². The molecular weight excluding hydrogens is 235 g/mol. The summed E-state index contributed by atoms with van der Waals surface area (Å²) >= 11 is 0. The van der Waals surface area contributed by atoms with Crippen molar-refractivity contribution in [3.63, 3.8) is 0 Å². The van der Waals surface area contributed by atoms with Gasteiger partial charge in [-0.05, 0) is 25.0 Å². The average molecular weight is 252 g/mol. The first kappa shape index (κ1) is 13.0. The van der Waals surface area contributed by atoms with E-state index in [1.54, 1.807) is 6.07 Å². The third-order valence-corrected chi connectivity index (χ3v) is 3.68. The third kappa shape index (κ3) is 2.51. The Morgan fingerprint density at radius 2 is 2.28 bits per heavy atom. The minimum Gasteiger partial charge on any atom is -0.481 e. The molecule has 1 aromatic rings. The third-order valence-electron chi connectivity index (χ3n) is 3.68. The SMILES string of the molecule is CC(c1ccc(F)cn1)N1C[C@@H](C)[C@H](C(=O)O)C1. The molecule has 2 heterocycles. The topological polar surface area (TPSA) is 53.4 Å². The number of carboxylic acid groups (broad SMARTS) is 1. The van der Waals surface area contributed by atoms with Crippen LogP contribution in [0, 0.1) is 17.7 Å². The number of nitrogens with zero attached hydrogens (tertiary/aromatic N) is 2. The average Bonchev–Trinajstić information content (AvgIpc) is 2.71. The summed E-state index contributed by atoms with van der Waals surface area (Å²) in [7, 11) is 0. The van der Waals surface area contributed by atoms with Gasteiger partial charge in [0, 0.05) is 19.1 Å². The van der Waals surface area contributed by atoms with E-state index in [-0.39, 0.29) is 23.7 Å². The van der Waals surface area contributed by atoms with Gasteiger partial charge in [0.25, 0.3) is 0 Å². The van der Waals surface area contributed by atoms with Gasteiger partial charge in [-0.15, -0.1) is 0 Å². The zero-order chi connectivity index (χ0) is 13.3. The molecule has 1 unspecified atom stereocenters. The first-order valence-electron chi connectivity index (χ1n) is 6.07. The summed E-state index contributed by atoms with van der Waals surface area (Å²) in [6.07, 6.45) is 1.19. The summed E-state index contributed by atoms with van der Waals surface area (Å²) in [6, 6.07) is 3.04. The number of hydrogen-bond acceptors (Lipinski definition) is 3. The first-order valence-corrected chi connectivity index (χ1v) is 6.07. The lowest BCUT2D eigenvalue weighted by Crippen LogP contribution is -2.26. The molecule has 0 bridgehead atoms. The highest BCUT2D eigenvalue weighted by atomic mass is 19.1. The first-order chi connectivity index (χ1) is 8.49. The number of likely N-dealkylation sites (tertiary alicyclic amines) is 1. The molecule has 18 heavy (non-hydrogen) atoms. The molecule has 1 aliphatic rings. The molecule has 1 fully saturated rings. The van der Waals surface area contributed by atoms with Gasteiger partial charge in [-0.2, -0.15) is 0 Å². The van der Waals surface area contributed by atoms with E-state index in [1.807, 2.05) is 13.8 Å². The predicted molar refractivity (Wildman–Crippen MR) is 64.5 cm³/mol. The van der Waals surface area contributed by atoms with Gasteiger partial charge in [-0.3, -0.25) is 14.7 Å². The summed E-state index contributed by atoms with van der Waals surface area (Å²) in [5, 5.41) is 9.10. The van der Waals surface area contributed by atoms with Crippen LogP contribution in [0.2, 0.25) is 0 Å². The molecular formula is C13H17FN2O2. The van der Waals surface area contributed by atoms with E-state index in [0.29, 0.717) is 6.54 Å². The standard InChI is InChI=1S/C13H17FN2O2/c1-8-6-16(7-11(8)13(17)18)9(2)12-4-3-10(14)5-15-12/h3-5,8-9,11H,6-7H2,1-2H3,(H,17,18)/t8-,9?,11-/m1/s1. The van der Waals surface area contributed by atoms with Crippen LogP contribution >= 0.6 is 0 Å². The van der Waals surface area contributed by atoms with Gasteiger partial charge in [0.15, 0.2) is 0 Å². The zero-order valence-corrected chi connectivity index (χ0v) is 10.5. The lowest BCUT2D eigenvalue weighted by Gasteiger charge is -2.23. The van der Waals surface area contributed by atoms with Crippen LogP contribution in [0.3, 0.4) is 0 Å². The van der Waals surface area contributed by atoms with E-state index in [2.05, 4.69) is 9.88 Å². The fraction of sp³-hybridized carbons (Fsp3) is 0.538. The number of pyridine rings is 1. The Morgan fingerprint density at radius 3 is 2.78 bits per heavy atom. The Kier molecular flexibility index (Phi) is 3.61. The highest BCUT2D eigenvalue weighted by molar-refractivity contribution is 5.71. The van der Waals surface area contributed by atoms with Gasteiger partial charge >= 0.3 is 5.97 Å². The summed E-state index contributed by atoms with van der Waals surface area (Å²) in [5.74, 6) is -1.30. The molecule has 5 heteroatoms. The zero-order valence-electron chi connectivity index (χ0n) is 10.5. The number of halogens is 1. The van der Waals surface area contributed by atoms with Crippen molar-refractivity contribution in [3.8, 4) is 0 Å². The van der Waals surface area contributed by atoms with Crippen molar-refractivity contribution in [1.82, 2.24) is 9.88 Å². The second kappa shape index (κ2) is 5.02. The van der Waals surface area contributed by atoms with Gasteiger partial charge in [0.2, 0.25) is 0 Å². The minimum absolute atomic E-state index is 0.0115. The highest BCUT2D eigenvalue weighted by Gasteiger charge is 2.37. The van der Waals surface area contributed by atoms with E-state index >= 15 is 0 Å². The predicted octanol–water partition coefficient (Wildman–Crippen LogP) is 1.93. The van der Waals surface area contributed by atoms with Crippen LogP contribution in [0.5, 0.6) is 0 Å². The maximum absolute atomic E-state index is 12.8. The van der Waals surface area contributed by atoms with Crippen molar-refractivity contribution < 1.29 is 14.3 Å². The maximum atomic E-state index is 12.8. The maximum Gasteiger partial charge on any atom is 0.308 e. The number of carboxylic acids is 1. The van der Waals surface area contributed by atoms with Crippen LogP contribution in [0.4, 0.5) is 4.39 Å². The van der Waals surface area contributed by atoms with E-state index in [4.69, 9.17) is 5.11 Å². The molecule has 1 aliphatic heterocycles. The Labute approximate surface area is 105 Å². The summed E-state index contributed by atoms with van der Waals surface area (Å²) < 4.78 is 12.8. The number of aromatic nitrogens is 1. The Bertz CT molecular complexity index is 435. The van der Waals surface area contributed by atoms with Gasteiger partial charge in [0.1, 0.15) is 5.82 Å². The fourth-order valence-corrected chi connectivity index (χ4v) is 2.46. The number of hydrogen-bond donors (Lipinski definition) is 1. The Hall–Kier alpha value is -1.49. The molecule has 0 radical (unpaired) electrons. The van der Waals surface area contributed by atoms with Crippen LogP contribution in [0.1, 0.15) is 25.6 Å². The van der Waals surface area contributed by atoms with Gasteiger partial charge in [-0.25, -0.2) is 4.39 Å². The highest BCUT2D eigenvalue weighted by Crippen LogP contribution is 2.30. The van der Waals surface area contributed by atoms with E-state index in [1.165, 1.54) is 12.3 Å². The Balaban J connectivity index is 2.09. The van der Waals surface area contributed by atoms with Crippen LogP contribution in [-0.2, 0) is 4.79 Å². The van der Waals surface area contributed by atoms with Gasteiger partial charge in [-0.1, -0.05) is 6.92 Å². The molecule has 0 aliphatic carbocycles. The van der Waals surface area contributed by atoms with Crippen molar-refractivity contribution >= 4 is 5.97 Å². The van der Waals surface area contributed by atoms with E-state index in [0.717, 1.165) is 12.2 Å². The van der Waals surface area contributed by atoms with Crippen LogP contribution in [-0.4, -0.2) is 34.0 Å². The summed E-state index contributed by atoms with van der Waals surface area (Å²) in [6.45, 7) is 5.18. The number of rotatable bonds is 3. The van der Waals surface area contributed by atoms with Gasteiger partial charge < -0.3 is 5.11 Å². The smallest absolute Gasteiger partial charge is 0.308 e. The number of aliphatic carboxylic acids is 1. The lowest BCUT2D eigenvalue weighted by molar-refractivity contribution is -0.142. The summed E-state index contributed by atoms with van der Waals surface area (Å²) in [4.78, 5) is 17.2. The molecule has 2 rings (SSSR count). The minimum atomic E-state index is -0.746. The lowest BCUT2D eigenvalue weighted by atomic mass is 9.99. The molecule has 1 aromatic heterocycles.